The number of ether oxygens (including phenoxy) is 3. The summed E-state index contributed by atoms with van der Waals surface area (Å²) >= 11 is 0. The number of hydrogen-bond acceptors (Lipinski definition) is 6. The molecule has 3 aliphatic rings. The Kier molecular flexibility index (Phi) is 4.18. The Labute approximate surface area is 159 Å². The summed E-state index contributed by atoms with van der Waals surface area (Å²) in [5, 5.41) is 11.1. The van der Waals surface area contributed by atoms with Crippen molar-refractivity contribution in [2.24, 2.45) is 0 Å². The van der Waals surface area contributed by atoms with Crippen molar-refractivity contribution in [1.29, 1.82) is 0 Å². The van der Waals surface area contributed by atoms with Gasteiger partial charge >= 0.3 is 0 Å². The van der Waals surface area contributed by atoms with Crippen LogP contribution in [0.5, 0.6) is 11.5 Å². The van der Waals surface area contributed by atoms with Crippen LogP contribution in [0.1, 0.15) is 35.6 Å². The number of Topliss-reactive ketones (excluding diaryl/α,β-unsaturated/α-hetero) is 1. The van der Waals surface area contributed by atoms with Crippen molar-refractivity contribution in [2.75, 3.05) is 34.9 Å². The normalized spacial score (nSPS) is 23.4. The number of carbonyl (C=O) groups excluding carboxylic acids is 1. The van der Waals surface area contributed by atoms with Gasteiger partial charge in [-0.05, 0) is 55.7 Å². The van der Waals surface area contributed by atoms with Crippen LogP contribution in [-0.4, -0.2) is 50.7 Å². The maximum atomic E-state index is 12.5. The van der Waals surface area contributed by atoms with E-state index in [9.17, 15) is 9.90 Å². The highest BCUT2D eigenvalue weighted by atomic mass is 16.5. The molecular weight excluding hydrogens is 346 g/mol. The van der Waals surface area contributed by atoms with E-state index in [0.29, 0.717) is 5.75 Å². The number of aromatic hydroxyl groups is 1. The molecule has 1 aromatic carbocycles. The maximum absolute atomic E-state index is 12.5. The van der Waals surface area contributed by atoms with Gasteiger partial charge in [-0.25, -0.2) is 0 Å². The molecule has 1 N–H and O–H groups in total. The largest absolute Gasteiger partial charge is 0.504 e. The van der Waals surface area contributed by atoms with Gasteiger partial charge in [0.25, 0.3) is 5.78 Å². The monoisotopic (exact) mass is 371 g/mol. The number of allylic oxidation sites excluding steroid dienone is 2. The zero-order chi connectivity index (χ0) is 19.3. The predicted molar refractivity (Wildman–Crippen MR) is 99.8 cm³/mol. The molecule has 6 heteroatoms. The molecule has 6 nitrogen and oxygen atoms in total. The smallest absolute Gasteiger partial charge is 0.261 e. The van der Waals surface area contributed by atoms with Crippen LogP contribution in [-0.2, 0) is 26.1 Å². The molecule has 4 rings (SSSR count). The van der Waals surface area contributed by atoms with Crippen LogP contribution in [0.3, 0.4) is 0 Å². The molecule has 0 unspecified atom stereocenters. The maximum Gasteiger partial charge on any atom is 0.261 e. The zero-order valence-electron chi connectivity index (χ0n) is 16.2. The van der Waals surface area contributed by atoms with Gasteiger partial charge in [0.05, 0.1) is 21.3 Å². The molecule has 0 fully saturated rings. The van der Waals surface area contributed by atoms with Gasteiger partial charge in [-0.1, -0.05) is 0 Å². The van der Waals surface area contributed by atoms with Gasteiger partial charge in [-0.2, -0.15) is 0 Å². The van der Waals surface area contributed by atoms with E-state index in [-0.39, 0.29) is 29.1 Å². The summed E-state index contributed by atoms with van der Waals surface area (Å²) < 4.78 is 16.2. The van der Waals surface area contributed by atoms with Crippen LogP contribution >= 0.6 is 0 Å². The fourth-order valence-corrected chi connectivity index (χ4v) is 4.82. The van der Waals surface area contributed by atoms with Crippen LogP contribution in [0.15, 0.2) is 29.7 Å². The van der Waals surface area contributed by atoms with Gasteiger partial charge in [-0.3, -0.25) is 9.69 Å². The minimum Gasteiger partial charge on any atom is -0.504 e. The second-order valence-corrected chi connectivity index (χ2v) is 7.46. The molecule has 0 radical (unpaired) electrons. The Morgan fingerprint density at radius 3 is 2.41 bits per heavy atom. The first-order valence-corrected chi connectivity index (χ1v) is 9.17. The first kappa shape index (κ1) is 17.9. The molecule has 0 bridgehead atoms. The zero-order valence-corrected chi connectivity index (χ0v) is 16.2. The lowest BCUT2D eigenvalue weighted by Gasteiger charge is -2.46. The van der Waals surface area contributed by atoms with Gasteiger partial charge < -0.3 is 19.3 Å². The van der Waals surface area contributed by atoms with E-state index in [1.165, 1.54) is 19.8 Å². The highest BCUT2D eigenvalue weighted by Gasteiger charge is 2.47. The third-order valence-electron chi connectivity index (χ3n) is 6.17. The number of methoxy groups -OCH3 is 3. The van der Waals surface area contributed by atoms with Crippen LogP contribution in [0, 0.1) is 0 Å². The SMILES string of the molecule is COC1=CC2(C=C(OC)C1=O)CC[C@H]1c3c(cc(OC)c(O)c32)CCN1C. The molecule has 1 spiro atoms. The van der Waals surface area contributed by atoms with Gasteiger partial charge in [0.2, 0.25) is 0 Å². The Morgan fingerprint density at radius 1 is 1.15 bits per heavy atom. The van der Waals surface area contributed by atoms with E-state index in [4.69, 9.17) is 14.2 Å². The number of rotatable bonds is 3. The summed E-state index contributed by atoms with van der Waals surface area (Å²) in [4.78, 5) is 14.8. The molecule has 144 valence electrons. The Hall–Kier alpha value is -2.47. The van der Waals surface area contributed by atoms with Crippen LogP contribution in [0.4, 0.5) is 0 Å². The third kappa shape index (κ3) is 2.46. The molecule has 0 saturated carbocycles. The molecular formula is C21H25NO5. The van der Waals surface area contributed by atoms with Crippen molar-refractivity contribution in [3.8, 4) is 11.5 Å². The van der Waals surface area contributed by atoms with Gasteiger partial charge in [0.1, 0.15) is 0 Å². The summed E-state index contributed by atoms with van der Waals surface area (Å²) in [5.74, 6) is 0.802. The first-order valence-electron chi connectivity index (χ1n) is 9.17. The van der Waals surface area contributed by atoms with Crippen LogP contribution in [0.25, 0.3) is 0 Å². The number of carbonyl (C=O) groups is 1. The topological polar surface area (TPSA) is 68.2 Å². The molecule has 0 saturated heterocycles. The average molecular weight is 371 g/mol. The van der Waals surface area contributed by atoms with E-state index >= 15 is 0 Å². The van der Waals surface area contributed by atoms with Gasteiger partial charge in [0, 0.05) is 23.6 Å². The van der Waals surface area contributed by atoms with E-state index < -0.39 is 5.41 Å². The number of hydrogen-bond donors (Lipinski definition) is 1. The van der Waals surface area contributed by atoms with E-state index in [0.717, 1.165) is 36.9 Å². The second kappa shape index (κ2) is 6.30. The lowest BCUT2D eigenvalue weighted by Crippen LogP contribution is -2.41. The Bertz CT molecular complexity index is 846. The lowest BCUT2D eigenvalue weighted by molar-refractivity contribution is -0.118. The molecule has 1 heterocycles. The summed E-state index contributed by atoms with van der Waals surface area (Å²) in [6, 6.07) is 2.19. The van der Waals surface area contributed by atoms with E-state index in [2.05, 4.69) is 11.9 Å². The number of benzene rings is 1. The van der Waals surface area contributed by atoms with Crippen molar-refractivity contribution in [1.82, 2.24) is 4.90 Å². The fraction of sp³-hybridized carbons (Fsp3) is 0.476. The van der Waals surface area contributed by atoms with Crippen LogP contribution < -0.4 is 4.74 Å². The average Bonchev–Trinajstić information content (AvgIpc) is 2.68. The van der Waals surface area contributed by atoms with Crippen molar-refractivity contribution in [3.05, 3.63) is 46.4 Å². The molecule has 0 aromatic heterocycles. The molecule has 1 aromatic rings. The van der Waals surface area contributed by atoms with Crippen molar-refractivity contribution >= 4 is 5.78 Å². The van der Waals surface area contributed by atoms with Crippen LogP contribution in [0.2, 0.25) is 0 Å². The summed E-state index contributed by atoms with van der Waals surface area (Å²) in [5.41, 5.74) is 2.47. The number of fused-ring (bicyclic) bond motifs is 1. The predicted octanol–water partition coefficient (Wildman–Crippen LogP) is 2.60. The molecule has 2 aliphatic carbocycles. The Morgan fingerprint density at radius 2 is 1.81 bits per heavy atom. The summed E-state index contributed by atoms with van der Waals surface area (Å²) in [6.45, 7) is 0.967. The first-order chi connectivity index (χ1) is 13.0. The molecule has 0 amide bonds. The van der Waals surface area contributed by atoms with E-state index in [1.54, 1.807) is 7.11 Å². The number of phenolic OH excluding ortho intramolecular Hbond substituents is 1. The molecule has 1 aliphatic heterocycles. The lowest BCUT2D eigenvalue weighted by atomic mass is 9.63. The van der Waals surface area contributed by atoms with Gasteiger partial charge in [0.15, 0.2) is 23.0 Å². The second-order valence-electron chi connectivity index (χ2n) is 7.46. The summed E-state index contributed by atoms with van der Waals surface area (Å²) in [6.07, 6.45) is 6.21. The highest BCUT2D eigenvalue weighted by Crippen LogP contribution is 2.55. The number of likely N-dealkylation sites (N-methyl/N-ethyl adjacent to an activating group) is 1. The number of ketones is 1. The standard InChI is InChI=1S/C21H25NO5/c1-22-8-6-12-9-14(25-2)20(24)18-17(12)13(22)5-7-21(18)10-15(26-3)19(23)16(11-21)27-4/h9-11,13,24H,5-8H2,1-4H3/t13-/m0/s1. The summed E-state index contributed by atoms with van der Waals surface area (Å²) in [7, 11) is 6.65. The van der Waals surface area contributed by atoms with Crippen molar-refractivity contribution in [2.45, 2.75) is 30.7 Å². The van der Waals surface area contributed by atoms with Gasteiger partial charge in [-0.15, -0.1) is 0 Å². The molecule has 27 heavy (non-hydrogen) atoms. The fourth-order valence-electron chi connectivity index (χ4n) is 4.82. The minimum absolute atomic E-state index is 0.129. The van der Waals surface area contributed by atoms with E-state index in [1.807, 2.05) is 18.2 Å². The Balaban J connectivity index is 2.04. The quantitative estimate of drug-likeness (QED) is 0.881. The van der Waals surface area contributed by atoms with Crippen molar-refractivity contribution < 1.29 is 24.1 Å². The molecule has 1 atom stereocenters. The number of nitrogens with zero attached hydrogens (tertiary/aromatic N) is 1. The van der Waals surface area contributed by atoms with Crippen molar-refractivity contribution in [3.63, 3.8) is 0 Å². The number of phenols is 1. The third-order valence-corrected chi connectivity index (χ3v) is 6.17. The minimum atomic E-state index is -0.665. The highest BCUT2D eigenvalue weighted by molar-refractivity contribution is 6.07.